The highest BCUT2D eigenvalue weighted by Gasteiger charge is 2.30. The van der Waals surface area contributed by atoms with Crippen LogP contribution >= 0.6 is 0 Å². The summed E-state index contributed by atoms with van der Waals surface area (Å²) in [4.78, 5) is 9.45. The van der Waals surface area contributed by atoms with Gasteiger partial charge in [-0.25, -0.2) is 0 Å². The first-order valence-corrected chi connectivity index (χ1v) is 18.4. The lowest BCUT2D eigenvalue weighted by Gasteiger charge is -2.24. The van der Waals surface area contributed by atoms with Crippen LogP contribution in [-0.4, -0.2) is 9.97 Å². The predicted octanol–water partition coefficient (Wildman–Crippen LogP) is 13.9. The molecule has 0 radical (unpaired) electrons. The fraction of sp³-hybridized carbons (Fsp3) is 0. The fourth-order valence-corrected chi connectivity index (χ4v) is 10.2. The number of aromatic nitrogens is 2. The highest BCUT2D eigenvalue weighted by Crippen LogP contribution is 2.55. The molecule has 2 aliphatic rings. The van der Waals surface area contributed by atoms with Gasteiger partial charge in [0.2, 0.25) is 0 Å². The summed E-state index contributed by atoms with van der Waals surface area (Å²) in [6.45, 7) is 0. The average Bonchev–Trinajstić information content (AvgIpc) is 3.23. The van der Waals surface area contributed by atoms with Crippen LogP contribution in [0.3, 0.4) is 0 Å². The highest BCUT2D eigenvalue weighted by atomic mass is 16.3. The number of hydrogen-bond donors (Lipinski definition) is 0. The lowest BCUT2D eigenvalue weighted by atomic mass is 9.81. The molecule has 4 heteroatoms. The first kappa shape index (κ1) is 27.4. The Morgan fingerprint density at radius 3 is 1.19 bits per heavy atom. The van der Waals surface area contributed by atoms with E-state index in [9.17, 15) is 0 Å². The summed E-state index contributed by atoms with van der Waals surface area (Å²) in [5.41, 5.74) is 9.93. The number of hydrogen-bond acceptors (Lipinski definition) is 4. The molecule has 0 spiro atoms. The van der Waals surface area contributed by atoms with Crippen LogP contribution in [-0.2, 0) is 0 Å². The van der Waals surface area contributed by atoms with E-state index in [4.69, 9.17) is 18.8 Å². The molecule has 0 bridgehead atoms. The summed E-state index contributed by atoms with van der Waals surface area (Å²) in [6.07, 6.45) is 3.73. The molecule has 0 atom stereocenters. The number of fused-ring (bicyclic) bond motifs is 4. The van der Waals surface area contributed by atoms with E-state index in [1.54, 1.807) is 0 Å². The average molecular weight is 685 g/mol. The molecule has 0 saturated heterocycles. The first-order valence-electron chi connectivity index (χ1n) is 18.4. The van der Waals surface area contributed by atoms with Crippen molar-refractivity contribution < 1.29 is 8.83 Å². The lowest BCUT2D eigenvalue weighted by molar-refractivity contribution is 0.647. The summed E-state index contributed by atoms with van der Waals surface area (Å²) in [7, 11) is 0. The second kappa shape index (κ2) is 9.37. The van der Waals surface area contributed by atoms with Gasteiger partial charge in [0.25, 0.3) is 0 Å². The van der Waals surface area contributed by atoms with Crippen molar-refractivity contribution in [2.75, 3.05) is 0 Å². The van der Waals surface area contributed by atoms with Gasteiger partial charge in [0.1, 0.15) is 22.3 Å². The van der Waals surface area contributed by atoms with Crippen molar-refractivity contribution in [3.05, 3.63) is 146 Å². The van der Waals surface area contributed by atoms with Crippen LogP contribution in [0.4, 0.5) is 0 Å². The smallest absolute Gasteiger partial charge is 0.136 e. The molecule has 12 aromatic rings. The van der Waals surface area contributed by atoms with Gasteiger partial charge < -0.3 is 8.83 Å². The number of nitrogens with zero attached hydrogens (tertiary/aromatic N) is 2. The van der Waals surface area contributed by atoms with E-state index in [1.807, 2.05) is 24.5 Å². The summed E-state index contributed by atoms with van der Waals surface area (Å²) < 4.78 is 14.1. The Kier molecular flexibility index (Phi) is 4.75. The third-order valence-electron chi connectivity index (χ3n) is 12.2. The van der Waals surface area contributed by atoms with Crippen LogP contribution in [0, 0.1) is 0 Å². The van der Waals surface area contributed by atoms with E-state index < -0.39 is 0 Å². The number of pyridine rings is 2. The number of rotatable bonds is 2. The van der Waals surface area contributed by atoms with Gasteiger partial charge in [0.15, 0.2) is 0 Å². The lowest BCUT2D eigenvalue weighted by Crippen LogP contribution is -1.98. The Balaban J connectivity index is 1.16. The van der Waals surface area contributed by atoms with Crippen molar-refractivity contribution in [3.8, 4) is 33.6 Å². The molecule has 2 aromatic heterocycles. The summed E-state index contributed by atoms with van der Waals surface area (Å²) in [5.74, 6) is 0. The normalized spacial score (nSPS) is 12.8. The van der Waals surface area contributed by atoms with Crippen LogP contribution in [0.5, 0.6) is 0 Å². The molecule has 0 fully saturated rings. The van der Waals surface area contributed by atoms with Crippen LogP contribution in [0.15, 0.2) is 155 Å². The molecule has 14 rings (SSSR count). The maximum absolute atomic E-state index is 7.07. The summed E-state index contributed by atoms with van der Waals surface area (Å²) in [5, 5.41) is 19.2. The van der Waals surface area contributed by atoms with Crippen LogP contribution in [0.1, 0.15) is 0 Å². The largest absolute Gasteiger partial charge is 0.456 e. The van der Waals surface area contributed by atoms with Crippen molar-refractivity contribution >= 4 is 109 Å². The van der Waals surface area contributed by atoms with Crippen LogP contribution in [0.2, 0.25) is 0 Å². The summed E-state index contributed by atoms with van der Waals surface area (Å²) >= 11 is 0. The topological polar surface area (TPSA) is 52.1 Å². The quantitative estimate of drug-likeness (QED) is 0.134. The fourth-order valence-electron chi connectivity index (χ4n) is 10.2. The van der Waals surface area contributed by atoms with Gasteiger partial charge in [-0.3, -0.25) is 9.97 Å². The van der Waals surface area contributed by atoms with Gasteiger partial charge in [-0.2, -0.15) is 0 Å². The van der Waals surface area contributed by atoms with Gasteiger partial charge in [-0.05, 0) is 125 Å². The molecule has 0 unspecified atom stereocenters. The summed E-state index contributed by atoms with van der Waals surface area (Å²) in [6, 6.07) is 47.9. The monoisotopic (exact) mass is 684 g/mol. The molecule has 0 amide bonds. The molecule has 4 nitrogen and oxygen atoms in total. The molecule has 2 aliphatic heterocycles. The van der Waals surface area contributed by atoms with E-state index >= 15 is 0 Å². The Morgan fingerprint density at radius 2 is 0.722 bits per heavy atom. The Bertz CT molecular complexity index is 3570. The Hall–Kier alpha value is -7.30. The van der Waals surface area contributed by atoms with Crippen molar-refractivity contribution in [2.45, 2.75) is 0 Å². The molecule has 246 valence electrons. The van der Waals surface area contributed by atoms with Gasteiger partial charge in [-0.1, -0.05) is 72.8 Å². The SMILES string of the molecule is c1ccc(-c2ccc3c4cc5oc6ccc7c8cccc9c(-c%10ccccn%10)ccc(c%10cc%11oc%12ccc(c%13cccc2c%133)c4c%12c5-c%11c6c7%10)c98)nc1. The Labute approximate surface area is 305 Å². The molecule has 4 heterocycles. The first-order chi connectivity index (χ1) is 26.8. The van der Waals surface area contributed by atoms with Gasteiger partial charge >= 0.3 is 0 Å². The van der Waals surface area contributed by atoms with Crippen molar-refractivity contribution in [1.82, 2.24) is 9.97 Å². The van der Waals surface area contributed by atoms with Crippen LogP contribution < -0.4 is 0 Å². The van der Waals surface area contributed by atoms with E-state index in [0.29, 0.717) is 0 Å². The standard InChI is InChI=1S/C50H24N2O2/c1-3-21-51-37(11-1)25-13-15-33-35-23-41-49-47-39(19-17-31(45(35)47)29-9-5-7-27(25)43(29)33)54-42-24-36-34-16-14-26(38-12-2-4-22-52-38)28-8-6-10-30(44(28)34)32-18-20-40(53-41)48(46(32)36)50(42)49/h1-24H. The zero-order valence-corrected chi connectivity index (χ0v) is 28.6. The minimum Gasteiger partial charge on any atom is -0.456 e. The molecule has 10 aromatic carbocycles. The minimum atomic E-state index is 0.863. The zero-order valence-electron chi connectivity index (χ0n) is 28.6. The molecular formula is C50H24N2O2. The zero-order chi connectivity index (χ0) is 34.8. The third-order valence-corrected chi connectivity index (χ3v) is 12.2. The van der Waals surface area contributed by atoms with Gasteiger partial charge in [-0.15, -0.1) is 0 Å². The maximum atomic E-state index is 7.07. The third kappa shape index (κ3) is 3.15. The van der Waals surface area contributed by atoms with Gasteiger partial charge in [0.05, 0.1) is 11.4 Å². The van der Waals surface area contributed by atoms with E-state index in [0.717, 1.165) is 66.7 Å². The second-order valence-corrected chi connectivity index (χ2v) is 14.7. The highest BCUT2D eigenvalue weighted by molar-refractivity contribution is 6.42. The predicted molar refractivity (Wildman–Crippen MR) is 223 cm³/mol. The van der Waals surface area contributed by atoms with Crippen LogP contribution in [0.25, 0.3) is 142 Å². The van der Waals surface area contributed by atoms with Crippen molar-refractivity contribution in [2.24, 2.45) is 0 Å². The van der Waals surface area contributed by atoms with Gasteiger partial charge in [0, 0.05) is 56.2 Å². The Morgan fingerprint density at radius 1 is 0.296 bits per heavy atom. The molecular weight excluding hydrogens is 661 g/mol. The van der Waals surface area contributed by atoms with Crippen molar-refractivity contribution in [3.63, 3.8) is 0 Å². The molecule has 0 saturated carbocycles. The minimum absolute atomic E-state index is 0.863. The second-order valence-electron chi connectivity index (χ2n) is 14.7. The molecule has 0 aliphatic carbocycles. The van der Waals surface area contributed by atoms with Crippen molar-refractivity contribution in [1.29, 1.82) is 0 Å². The molecule has 54 heavy (non-hydrogen) atoms. The molecule has 0 N–H and O–H groups in total. The van der Waals surface area contributed by atoms with E-state index in [1.165, 1.54) is 75.4 Å². The van der Waals surface area contributed by atoms with E-state index in [-0.39, 0.29) is 0 Å². The number of benzene rings is 10. The maximum Gasteiger partial charge on any atom is 0.136 e. The van der Waals surface area contributed by atoms with E-state index in [2.05, 4.69) is 121 Å².